The van der Waals surface area contributed by atoms with Crippen LogP contribution in [0.3, 0.4) is 0 Å². The van der Waals surface area contributed by atoms with Crippen LogP contribution in [0.2, 0.25) is 16.6 Å². The summed E-state index contributed by atoms with van der Waals surface area (Å²) in [5, 5.41) is 0.243. The maximum atomic E-state index is 7.04. The maximum Gasteiger partial charge on any atom is 0.269 e. The lowest BCUT2D eigenvalue weighted by Crippen LogP contribution is -2.63. The highest BCUT2D eigenvalue weighted by Gasteiger charge is 2.52. The monoisotopic (exact) mass is 640 g/mol. The summed E-state index contributed by atoms with van der Waals surface area (Å²) in [5.74, 6) is 0. The summed E-state index contributed by atoms with van der Waals surface area (Å²) in [7, 11) is -0.605. The van der Waals surface area contributed by atoms with E-state index >= 15 is 0 Å². The van der Waals surface area contributed by atoms with Gasteiger partial charge in [0.15, 0.2) is 20.7 Å². The number of rotatable bonds is 14. The molecule has 240 valence electrons. The molecule has 10 heteroatoms. The molecule has 1 aromatic heterocycles. The van der Waals surface area contributed by atoms with Gasteiger partial charge >= 0.3 is 0 Å². The Morgan fingerprint density at radius 3 is 1.86 bits per heavy atom. The SMILES string of the molecule is CO[C@H]1O[C@H](CO[Si](C(C)C)(C(C)C)C(C)C)[C@@H](OC(=S)n2ccnc2)[C@H](OCc2ccccc2)[C@H]1OCc1ccccc1. The van der Waals surface area contributed by atoms with Gasteiger partial charge in [-0.15, -0.1) is 0 Å². The first-order chi connectivity index (χ1) is 21.2. The molecule has 8 nitrogen and oxygen atoms in total. The van der Waals surface area contributed by atoms with E-state index in [1.54, 1.807) is 30.4 Å². The standard InChI is InChI=1S/C34H48N2O6SSi/c1-24(2)44(25(3)4,26(5)6)40-22-29-30(42-34(43)36-19-18-35-23-36)31(38-20-27-14-10-8-11-15-27)32(33(37-7)41-29)39-21-28-16-12-9-13-17-28/h8-19,23-26,29-33H,20-22H2,1-7H3/t29-,30-,31+,32-,33+/m1/s1. The molecule has 0 unspecified atom stereocenters. The van der Waals surface area contributed by atoms with Crippen LogP contribution < -0.4 is 0 Å². The van der Waals surface area contributed by atoms with Gasteiger partial charge in [0, 0.05) is 19.5 Å². The second-order valence-electron chi connectivity index (χ2n) is 12.2. The van der Waals surface area contributed by atoms with E-state index in [9.17, 15) is 0 Å². The summed E-state index contributed by atoms with van der Waals surface area (Å²) in [4.78, 5) is 4.15. The van der Waals surface area contributed by atoms with E-state index in [2.05, 4.69) is 46.5 Å². The molecule has 4 rings (SSSR count). The minimum atomic E-state index is -2.23. The van der Waals surface area contributed by atoms with Crippen LogP contribution >= 0.6 is 12.2 Å². The van der Waals surface area contributed by atoms with Crippen molar-refractivity contribution in [2.45, 2.75) is 102 Å². The molecule has 0 aliphatic carbocycles. The number of hydrogen-bond donors (Lipinski definition) is 0. The molecule has 1 aliphatic rings. The Bertz CT molecular complexity index is 1240. The molecule has 1 saturated heterocycles. The van der Waals surface area contributed by atoms with Gasteiger partial charge in [-0.05, 0) is 40.0 Å². The highest BCUT2D eigenvalue weighted by molar-refractivity contribution is 7.80. The highest BCUT2D eigenvalue weighted by Crippen LogP contribution is 2.43. The predicted octanol–water partition coefficient (Wildman–Crippen LogP) is 7.14. The van der Waals surface area contributed by atoms with Gasteiger partial charge in [-0.1, -0.05) is 102 Å². The molecule has 0 amide bonds. The topological polar surface area (TPSA) is 73.2 Å². The zero-order chi connectivity index (χ0) is 31.7. The molecule has 5 atom stereocenters. The van der Waals surface area contributed by atoms with Crippen LogP contribution in [0, 0.1) is 0 Å². The van der Waals surface area contributed by atoms with Crippen LogP contribution in [-0.4, -0.2) is 67.5 Å². The maximum absolute atomic E-state index is 7.04. The Balaban J connectivity index is 1.69. The quantitative estimate of drug-likeness (QED) is 0.136. The van der Waals surface area contributed by atoms with Crippen molar-refractivity contribution in [3.05, 3.63) is 90.5 Å². The van der Waals surface area contributed by atoms with Crippen LogP contribution in [0.25, 0.3) is 0 Å². The molecule has 44 heavy (non-hydrogen) atoms. The van der Waals surface area contributed by atoms with Crippen LogP contribution in [0.15, 0.2) is 79.4 Å². The first kappa shape index (κ1) is 34.4. The van der Waals surface area contributed by atoms with E-state index in [0.29, 0.717) is 36.4 Å². The number of hydrogen-bond acceptors (Lipinski definition) is 8. The van der Waals surface area contributed by atoms with Crippen molar-refractivity contribution in [1.29, 1.82) is 0 Å². The molecule has 0 bridgehead atoms. The van der Waals surface area contributed by atoms with E-state index < -0.39 is 39.0 Å². The third-order valence-electron chi connectivity index (χ3n) is 8.55. The first-order valence-corrected chi connectivity index (χ1v) is 18.0. The summed E-state index contributed by atoms with van der Waals surface area (Å²) >= 11 is 5.74. The van der Waals surface area contributed by atoms with Gasteiger partial charge in [0.05, 0.1) is 19.8 Å². The van der Waals surface area contributed by atoms with Gasteiger partial charge in [0.2, 0.25) is 0 Å². The van der Waals surface area contributed by atoms with Gasteiger partial charge in [-0.3, -0.25) is 4.57 Å². The summed E-state index contributed by atoms with van der Waals surface area (Å²) in [6.45, 7) is 14.6. The van der Waals surface area contributed by atoms with Crippen molar-refractivity contribution in [1.82, 2.24) is 9.55 Å². The van der Waals surface area contributed by atoms with Crippen LogP contribution in [0.5, 0.6) is 0 Å². The zero-order valence-electron chi connectivity index (χ0n) is 27.0. The number of ether oxygens (including phenoxy) is 5. The van der Waals surface area contributed by atoms with Crippen molar-refractivity contribution in [2.75, 3.05) is 13.7 Å². The van der Waals surface area contributed by atoms with Crippen molar-refractivity contribution in [3.8, 4) is 0 Å². The van der Waals surface area contributed by atoms with Crippen LogP contribution in [0.1, 0.15) is 52.7 Å². The van der Waals surface area contributed by atoms with Crippen molar-refractivity contribution in [3.63, 3.8) is 0 Å². The van der Waals surface area contributed by atoms with Gasteiger partial charge in [-0.25, -0.2) is 4.98 Å². The average Bonchev–Trinajstić information content (AvgIpc) is 3.56. The van der Waals surface area contributed by atoms with E-state index in [4.69, 9.17) is 40.3 Å². The Kier molecular flexibility index (Phi) is 12.7. The highest BCUT2D eigenvalue weighted by atomic mass is 32.1. The molecular formula is C34H48N2O6SSi. The van der Waals surface area contributed by atoms with Crippen molar-refractivity contribution in [2.24, 2.45) is 0 Å². The fraction of sp³-hybridized carbons (Fsp3) is 0.529. The number of aromatic nitrogens is 2. The van der Waals surface area contributed by atoms with Gasteiger partial charge < -0.3 is 28.1 Å². The van der Waals surface area contributed by atoms with E-state index in [-0.39, 0.29) is 5.17 Å². The number of imidazole rings is 1. The van der Waals surface area contributed by atoms with Gasteiger partial charge in [-0.2, -0.15) is 0 Å². The molecule has 3 aromatic rings. The number of nitrogens with zero attached hydrogens (tertiary/aromatic N) is 2. The molecule has 2 aromatic carbocycles. The van der Waals surface area contributed by atoms with E-state index in [0.717, 1.165) is 11.1 Å². The second kappa shape index (κ2) is 16.2. The zero-order valence-corrected chi connectivity index (χ0v) is 28.8. The molecule has 2 heterocycles. The summed E-state index contributed by atoms with van der Waals surface area (Å²) < 4.78 is 41.1. The minimum Gasteiger partial charge on any atom is -0.461 e. The molecule has 0 saturated carbocycles. The van der Waals surface area contributed by atoms with E-state index in [1.807, 2.05) is 60.7 Å². The van der Waals surface area contributed by atoms with Gasteiger partial charge in [0.1, 0.15) is 24.6 Å². The Hall–Kier alpha value is -2.44. The van der Waals surface area contributed by atoms with E-state index in [1.165, 1.54) is 0 Å². The number of thiocarbonyl (C=S) groups is 1. The molecule has 0 spiro atoms. The van der Waals surface area contributed by atoms with Gasteiger partial charge in [0.25, 0.3) is 5.17 Å². The molecule has 1 fully saturated rings. The third kappa shape index (κ3) is 8.22. The summed E-state index contributed by atoms with van der Waals surface area (Å²) in [6, 6.07) is 20.1. The lowest BCUT2D eigenvalue weighted by molar-refractivity contribution is -0.311. The molecule has 1 aliphatic heterocycles. The third-order valence-corrected chi connectivity index (χ3v) is 14.9. The number of methoxy groups -OCH3 is 1. The lowest BCUT2D eigenvalue weighted by atomic mass is 9.98. The largest absolute Gasteiger partial charge is 0.461 e. The Morgan fingerprint density at radius 1 is 0.841 bits per heavy atom. The Labute approximate surface area is 269 Å². The number of benzene rings is 2. The fourth-order valence-corrected chi connectivity index (χ4v) is 12.2. The lowest BCUT2D eigenvalue weighted by Gasteiger charge is -2.47. The molecule has 0 N–H and O–H groups in total. The normalized spacial score (nSPS) is 22.5. The smallest absolute Gasteiger partial charge is 0.269 e. The summed E-state index contributed by atoms with van der Waals surface area (Å²) in [6.07, 6.45) is 1.92. The molecule has 0 radical (unpaired) electrons. The second-order valence-corrected chi connectivity index (χ2v) is 18.1. The van der Waals surface area contributed by atoms with Crippen molar-refractivity contribution < 1.29 is 28.1 Å². The minimum absolute atomic E-state index is 0.243. The van der Waals surface area contributed by atoms with Crippen LogP contribution in [0.4, 0.5) is 0 Å². The van der Waals surface area contributed by atoms with Crippen LogP contribution in [-0.2, 0) is 41.3 Å². The molecular weight excluding hydrogens is 593 g/mol. The average molecular weight is 641 g/mol. The predicted molar refractivity (Wildman–Crippen MR) is 178 cm³/mol. The fourth-order valence-electron chi connectivity index (χ4n) is 6.51. The van der Waals surface area contributed by atoms with Crippen molar-refractivity contribution >= 4 is 25.7 Å². The first-order valence-electron chi connectivity index (χ1n) is 15.5. The summed E-state index contributed by atoms with van der Waals surface area (Å²) in [5.41, 5.74) is 3.28. The Morgan fingerprint density at radius 2 is 1.39 bits per heavy atom.